The van der Waals surface area contributed by atoms with Gasteiger partial charge in [-0.15, -0.1) is 0 Å². The van der Waals surface area contributed by atoms with E-state index in [2.05, 4.69) is 5.16 Å². The molecule has 0 N–H and O–H groups in total. The highest BCUT2D eigenvalue weighted by Gasteiger charge is 1.83. The van der Waals surface area contributed by atoms with Crippen LogP contribution in [0.25, 0.3) is 0 Å². The lowest BCUT2D eigenvalue weighted by molar-refractivity contribution is 0.174. The Kier molecular flexibility index (Phi) is 6.29. The number of rotatable bonds is 4. The van der Waals surface area contributed by atoms with Gasteiger partial charge in [-0.25, -0.2) is 0 Å². The van der Waals surface area contributed by atoms with Gasteiger partial charge in [0, 0.05) is 5.54 Å². The number of oxime groups is 1. The van der Waals surface area contributed by atoms with Crippen molar-refractivity contribution in [2.75, 3.05) is 6.61 Å². The molecule has 0 spiro atoms. The molecule has 0 aromatic rings. The van der Waals surface area contributed by atoms with E-state index in [-0.39, 0.29) is 0 Å². The first kappa shape index (κ1) is 9.50. The van der Waals surface area contributed by atoms with Gasteiger partial charge in [-0.2, -0.15) is 0 Å². The second kappa shape index (κ2) is 6.62. The summed E-state index contributed by atoms with van der Waals surface area (Å²) < 4.78 is 0. The molecular formula is C7H12ClNO. The summed E-state index contributed by atoms with van der Waals surface area (Å²) in [6.45, 7) is 4.39. The Morgan fingerprint density at radius 1 is 1.70 bits per heavy atom. The van der Waals surface area contributed by atoms with E-state index in [0.29, 0.717) is 6.61 Å². The molecule has 0 unspecified atom stereocenters. The Hall–Kier alpha value is -0.500. The summed E-state index contributed by atoms with van der Waals surface area (Å²) in [5, 5.41) is 3.79. The molecule has 3 heteroatoms. The normalized spacial score (nSPS) is 12.5. The van der Waals surface area contributed by atoms with Gasteiger partial charge in [-0.05, 0) is 19.4 Å². The van der Waals surface area contributed by atoms with Crippen LogP contribution in [0.4, 0.5) is 0 Å². The molecule has 58 valence electrons. The summed E-state index contributed by atoms with van der Waals surface area (Å²) in [5.41, 5.74) is 2.40. The van der Waals surface area contributed by atoms with Crippen molar-refractivity contribution in [1.82, 2.24) is 0 Å². The van der Waals surface area contributed by atoms with Crippen LogP contribution in [-0.2, 0) is 4.84 Å². The molecule has 0 saturated carbocycles. The summed E-state index contributed by atoms with van der Waals surface area (Å²) in [6.07, 6.45) is 2.61. The van der Waals surface area contributed by atoms with Gasteiger partial charge < -0.3 is 4.84 Å². The number of hydrogen-bond acceptors (Lipinski definition) is 2. The first-order valence-corrected chi connectivity index (χ1v) is 3.65. The van der Waals surface area contributed by atoms with E-state index in [9.17, 15) is 0 Å². The Balaban J connectivity index is 3.33. The van der Waals surface area contributed by atoms with Crippen LogP contribution in [0.5, 0.6) is 0 Å². The van der Waals surface area contributed by atoms with Crippen LogP contribution in [0.3, 0.4) is 0 Å². The van der Waals surface area contributed by atoms with E-state index in [1.54, 1.807) is 6.08 Å². The molecule has 0 atom stereocenters. The monoisotopic (exact) mass is 161 g/mol. The maximum Gasteiger partial charge on any atom is 0.136 e. The Bertz CT molecular complexity index is 132. The van der Waals surface area contributed by atoms with Gasteiger partial charge in [-0.1, -0.05) is 23.7 Å². The van der Waals surface area contributed by atoms with Crippen molar-refractivity contribution >= 4 is 17.3 Å². The quantitative estimate of drug-likeness (QED) is 0.353. The second-order valence-corrected chi connectivity index (χ2v) is 2.09. The summed E-state index contributed by atoms with van der Waals surface area (Å²) in [4.78, 5) is 4.84. The van der Waals surface area contributed by atoms with Gasteiger partial charge >= 0.3 is 0 Å². The van der Waals surface area contributed by atoms with E-state index in [0.717, 1.165) is 12.1 Å². The molecule has 0 heterocycles. The molecule has 0 bridgehead atoms. The lowest BCUT2D eigenvalue weighted by atomic mass is 10.3. The summed E-state index contributed by atoms with van der Waals surface area (Å²) in [6, 6.07) is 0. The van der Waals surface area contributed by atoms with Crippen LogP contribution in [0.1, 0.15) is 20.3 Å². The molecule has 0 aliphatic carbocycles. The molecule has 0 saturated heterocycles. The first-order chi connectivity index (χ1) is 4.81. The average molecular weight is 162 g/mol. The van der Waals surface area contributed by atoms with Crippen LogP contribution >= 0.6 is 11.6 Å². The minimum absolute atomic E-state index is 0.445. The summed E-state index contributed by atoms with van der Waals surface area (Å²) >= 11 is 5.24. The fraction of sp³-hybridized carbons (Fsp3) is 0.571. The predicted molar refractivity (Wildman–Crippen MR) is 44.3 cm³/mol. The van der Waals surface area contributed by atoms with Crippen molar-refractivity contribution in [1.29, 1.82) is 0 Å². The predicted octanol–water partition coefficient (Wildman–Crippen LogP) is 2.54. The van der Waals surface area contributed by atoms with Crippen LogP contribution in [0.15, 0.2) is 16.8 Å². The number of halogens is 1. The van der Waals surface area contributed by atoms with Gasteiger partial charge in [0.2, 0.25) is 0 Å². The van der Waals surface area contributed by atoms with Crippen LogP contribution in [-0.4, -0.2) is 12.3 Å². The standard InChI is InChI=1S/C7H12ClNO/c1-3-7(2)9-10-6-4-5-8/h4-5H,3,6H2,1-2H3/b5-4+,9-7-. The highest BCUT2D eigenvalue weighted by molar-refractivity contribution is 6.25. The third-order valence-electron chi connectivity index (χ3n) is 0.992. The van der Waals surface area contributed by atoms with Gasteiger partial charge in [0.05, 0.1) is 5.71 Å². The fourth-order valence-electron chi connectivity index (χ4n) is 0.291. The molecule has 0 aliphatic rings. The minimum atomic E-state index is 0.445. The van der Waals surface area contributed by atoms with Crippen molar-refractivity contribution in [2.45, 2.75) is 20.3 Å². The van der Waals surface area contributed by atoms with Crippen molar-refractivity contribution < 1.29 is 4.84 Å². The summed E-state index contributed by atoms with van der Waals surface area (Å²) in [7, 11) is 0. The molecule has 0 amide bonds. The Morgan fingerprint density at radius 2 is 2.40 bits per heavy atom. The van der Waals surface area contributed by atoms with Crippen molar-refractivity contribution in [3.63, 3.8) is 0 Å². The molecule has 0 aromatic heterocycles. The molecular weight excluding hydrogens is 150 g/mol. The Labute approximate surface area is 66.5 Å². The smallest absolute Gasteiger partial charge is 0.136 e. The average Bonchev–Trinajstić information content (AvgIpc) is 1.98. The zero-order valence-electron chi connectivity index (χ0n) is 6.30. The number of hydrogen-bond donors (Lipinski definition) is 0. The fourth-order valence-corrected chi connectivity index (χ4v) is 0.364. The summed E-state index contributed by atoms with van der Waals surface area (Å²) in [5.74, 6) is 0. The zero-order chi connectivity index (χ0) is 7.82. The highest BCUT2D eigenvalue weighted by atomic mass is 35.5. The molecule has 0 rings (SSSR count). The van der Waals surface area contributed by atoms with Gasteiger partial charge in [0.25, 0.3) is 0 Å². The maximum absolute atomic E-state index is 5.24. The third kappa shape index (κ3) is 5.63. The highest BCUT2D eigenvalue weighted by Crippen LogP contribution is 1.87. The molecule has 0 radical (unpaired) electrons. The Morgan fingerprint density at radius 3 is 2.90 bits per heavy atom. The van der Waals surface area contributed by atoms with Crippen molar-refractivity contribution in [3.05, 3.63) is 11.6 Å². The molecule has 0 aromatic carbocycles. The van der Waals surface area contributed by atoms with Gasteiger partial charge in [-0.3, -0.25) is 0 Å². The molecule has 2 nitrogen and oxygen atoms in total. The van der Waals surface area contributed by atoms with E-state index < -0.39 is 0 Å². The maximum atomic E-state index is 5.24. The lowest BCUT2D eigenvalue weighted by Crippen LogP contribution is -1.90. The largest absolute Gasteiger partial charge is 0.392 e. The van der Waals surface area contributed by atoms with Crippen LogP contribution in [0.2, 0.25) is 0 Å². The van der Waals surface area contributed by atoms with Crippen LogP contribution in [0, 0.1) is 0 Å². The van der Waals surface area contributed by atoms with Gasteiger partial charge in [0.1, 0.15) is 6.61 Å². The van der Waals surface area contributed by atoms with E-state index >= 15 is 0 Å². The molecule has 0 fully saturated rings. The molecule has 0 aliphatic heterocycles. The van der Waals surface area contributed by atoms with E-state index in [4.69, 9.17) is 16.4 Å². The van der Waals surface area contributed by atoms with Crippen molar-refractivity contribution in [3.8, 4) is 0 Å². The van der Waals surface area contributed by atoms with Crippen LogP contribution < -0.4 is 0 Å². The molecule has 10 heavy (non-hydrogen) atoms. The first-order valence-electron chi connectivity index (χ1n) is 3.22. The lowest BCUT2D eigenvalue weighted by Gasteiger charge is -1.94. The van der Waals surface area contributed by atoms with E-state index in [1.807, 2.05) is 13.8 Å². The van der Waals surface area contributed by atoms with Gasteiger partial charge in [0.15, 0.2) is 0 Å². The second-order valence-electron chi connectivity index (χ2n) is 1.84. The SMILES string of the molecule is CC/C(C)=N\OC/C=C/Cl. The zero-order valence-corrected chi connectivity index (χ0v) is 7.06. The third-order valence-corrected chi connectivity index (χ3v) is 1.17. The topological polar surface area (TPSA) is 21.6 Å². The minimum Gasteiger partial charge on any atom is -0.392 e. The van der Waals surface area contributed by atoms with E-state index in [1.165, 1.54) is 5.54 Å². The number of nitrogens with zero attached hydrogens (tertiary/aromatic N) is 1. The van der Waals surface area contributed by atoms with Crippen molar-refractivity contribution in [2.24, 2.45) is 5.16 Å².